The van der Waals surface area contributed by atoms with Gasteiger partial charge >= 0.3 is 0 Å². The Balaban J connectivity index is 1.34. The lowest BCUT2D eigenvalue weighted by atomic mass is 9.99. The lowest BCUT2D eigenvalue weighted by Gasteiger charge is -2.30. The lowest BCUT2D eigenvalue weighted by Crippen LogP contribution is -2.31. The van der Waals surface area contributed by atoms with Crippen LogP contribution in [0.4, 0.5) is 11.5 Å². The second kappa shape index (κ2) is 7.94. The molecular weight excluding hydrogens is 430 g/mol. The van der Waals surface area contributed by atoms with Gasteiger partial charge in [-0.1, -0.05) is 42.5 Å². The maximum atomic E-state index is 13.2. The van der Waals surface area contributed by atoms with Gasteiger partial charge in [0, 0.05) is 18.5 Å². The van der Waals surface area contributed by atoms with E-state index < -0.39 is 0 Å². The first-order chi connectivity index (χ1) is 16.2. The summed E-state index contributed by atoms with van der Waals surface area (Å²) in [6.07, 6.45) is 4.27. The van der Waals surface area contributed by atoms with Crippen molar-refractivity contribution in [1.29, 1.82) is 0 Å². The Morgan fingerprint density at radius 2 is 1.85 bits per heavy atom. The summed E-state index contributed by atoms with van der Waals surface area (Å²) in [5.74, 6) is 0.747. The summed E-state index contributed by atoms with van der Waals surface area (Å²) in [6.45, 7) is 3.68. The van der Waals surface area contributed by atoms with E-state index in [0.717, 1.165) is 52.0 Å². The van der Waals surface area contributed by atoms with Crippen molar-refractivity contribution in [3.05, 3.63) is 88.7 Å². The fourth-order valence-corrected chi connectivity index (χ4v) is 5.55. The second-order valence-corrected chi connectivity index (χ2v) is 9.24. The molecule has 0 spiro atoms. The van der Waals surface area contributed by atoms with E-state index in [4.69, 9.17) is 0 Å². The number of amides is 1. The van der Waals surface area contributed by atoms with E-state index in [1.165, 1.54) is 22.5 Å². The second-order valence-electron chi connectivity index (χ2n) is 8.24. The van der Waals surface area contributed by atoms with Gasteiger partial charge < -0.3 is 10.2 Å². The SMILES string of the molecule is Cc1c(C(=O)Nc2cnc3ccccc3c2)sc2ncnc(N3CCc4ccccc4C3)c12. The summed E-state index contributed by atoms with van der Waals surface area (Å²) in [7, 11) is 0. The van der Waals surface area contributed by atoms with Crippen LogP contribution in [0.25, 0.3) is 21.1 Å². The number of fused-ring (bicyclic) bond motifs is 3. The molecule has 5 aromatic rings. The van der Waals surface area contributed by atoms with Crippen LogP contribution in [-0.4, -0.2) is 27.4 Å². The minimum atomic E-state index is -0.150. The molecule has 3 aromatic heterocycles. The molecule has 0 saturated heterocycles. The zero-order chi connectivity index (χ0) is 22.4. The van der Waals surface area contributed by atoms with Gasteiger partial charge in [0.25, 0.3) is 5.91 Å². The number of rotatable bonds is 3. The molecule has 7 heteroatoms. The number of aryl methyl sites for hydroxylation is 1. The number of anilines is 2. The number of benzene rings is 2. The molecule has 0 radical (unpaired) electrons. The number of nitrogens with one attached hydrogen (secondary N) is 1. The molecule has 1 aliphatic rings. The third-order valence-electron chi connectivity index (χ3n) is 6.19. The summed E-state index contributed by atoms with van der Waals surface area (Å²) in [6, 6.07) is 18.3. The summed E-state index contributed by atoms with van der Waals surface area (Å²) < 4.78 is 0. The van der Waals surface area contributed by atoms with E-state index in [0.29, 0.717) is 10.6 Å². The highest BCUT2D eigenvalue weighted by atomic mass is 32.1. The summed E-state index contributed by atoms with van der Waals surface area (Å²) in [5.41, 5.74) is 5.21. The van der Waals surface area contributed by atoms with Crippen LogP contribution in [0.5, 0.6) is 0 Å². The quantitative estimate of drug-likeness (QED) is 0.400. The molecule has 6 nitrogen and oxygen atoms in total. The van der Waals surface area contributed by atoms with Gasteiger partial charge in [-0.25, -0.2) is 9.97 Å². The molecule has 4 heterocycles. The van der Waals surface area contributed by atoms with Crippen molar-refractivity contribution >= 4 is 49.9 Å². The molecule has 0 aliphatic carbocycles. The van der Waals surface area contributed by atoms with Gasteiger partial charge in [-0.2, -0.15) is 0 Å². The molecular formula is C26H21N5OS. The third kappa shape index (κ3) is 3.50. The molecule has 162 valence electrons. The van der Waals surface area contributed by atoms with Gasteiger partial charge in [-0.05, 0) is 42.2 Å². The van der Waals surface area contributed by atoms with Gasteiger partial charge in [-0.3, -0.25) is 9.78 Å². The number of thiophene rings is 1. The number of nitrogens with zero attached hydrogens (tertiary/aromatic N) is 4. The summed E-state index contributed by atoms with van der Waals surface area (Å²) in [5, 5.41) is 4.96. The Morgan fingerprint density at radius 3 is 2.76 bits per heavy atom. The smallest absolute Gasteiger partial charge is 0.266 e. The van der Waals surface area contributed by atoms with Crippen molar-refractivity contribution < 1.29 is 4.79 Å². The number of carbonyl (C=O) groups is 1. The molecule has 0 fully saturated rings. The summed E-state index contributed by atoms with van der Waals surface area (Å²) >= 11 is 1.41. The maximum Gasteiger partial charge on any atom is 0.266 e. The molecule has 2 aromatic carbocycles. The monoisotopic (exact) mass is 451 g/mol. The highest BCUT2D eigenvalue weighted by Crippen LogP contribution is 2.36. The Hall–Kier alpha value is -3.84. The molecule has 0 bridgehead atoms. The van der Waals surface area contributed by atoms with Gasteiger partial charge in [0.05, 0.1) is 27.7 Å². The molecule has 1 aliphatic heterocycles. The van der Waals surface area contributed by atoms with E-state index in [-0.39, 0.29) is 5.91 Å². The van der Waals surface area contributed by atoms with E-state index in [1.54, 1.807) is 12.5 Å². The Labute approximate surface area is 194 Å². The number of hydrogen-bond acceptors (Lipinski definition) is 6. The van der Waals surface area contributed by atoms with Crippen molar-refractivity contribution in [3.63, 3.8) is 0 Å². The van der Waals surface area contributed by atoms with Crippen molar-refractivity contribution in [1.82, 2.24) is 15.0 Å². The average molecular weight is 452 g/mol. The van der Waals surface area contributed by atoms with Gasteiger partial charge in [0.15, 0.2) is 0 Å². The maximum absolute atomic E-state index is 13.2. The molecule has 6 rings (SSSR count). The zero-order valence-electron chi connectivity index (χ0n) is 18.1. The van der Waals surface area contributed by atoms with Crippen LogP contribution in [0, 0.1) is 6.92 Å². The van der Waals surface area contributed by atoms with Crippen molar-refractivity contribution in [2.24, 2.45) is 0 Å². The first-order valence-electron chi connectivity index (χ1n) is 10.9. The topological polar surface area (TPSA) is 71.0 Å². The van der Waals surface area contributed by atoms with E-state index in [1.807, 2.05) is 37.3 Å². The van der Waals surface area contributed by atoms with Crippen molar-refractivity contribution in [2.45, 2.75) is 19.9 Å². The molecule has 33 heavy (non-hydrogen) atoms. The predicted molar refractivity (Wildman–Crippen MR) is 133 cm³/mol. The van der Waals surface area contributed by atoms with Crippen LogP contribution in [0.3, 0.4) is 0 Å². The summed E-state index contributed by atoms with van der Waals surface area (Å²) in [4.78, 5) is 30.5. The molecule has 1 amide bonds. The molecule has 1 N–H and O–H groups in total. The fraction of sp³-hybridized carbons (Fsp3) is 0.154. The van der Waals surface area contributed by atoms with E-state index >= 15 is 0 Å². The van der Waals surface area contributed by atoms with Gasteiger partial charge in [0.1, 0.15) is 17.0 Å². The largest absolute Gasteiger partial charge is 0.351 e. The minimum Gasteiger partial charge on any atom is -0.351 e. The normalized spacial score (nSPS) is 13.3. The first-order valence-corrected chi connectivity index (χ1v) is 11.7. The number of carbonyl (C=O) groups excluding carboxylic acids is 1. The van der Waals surface area contributed by atoms with E-state index in [2.05, 4.69) is 49.4 Å². The Kier molecular flexibility index (Phi) is 4.77. The first kappa shape index (κ1) is 19.8. The number of para-hydroxylation sites is 1. The fourth-order valence-electron chi connectivity index (χ4n) is 4.51. The number of pyridine rings is 1. The van der Waals surface area contributed by atoms with Crippen LogP contribution in [0.1, 0.15) is 26.4 Å². The highest BCUT2D eigenvalue weighted by Gasteiger charge is 2.24. The van der Waals surface area contributed by atoms with Crippen LogP contribution in [0.15, 0.2) is 67.1 Å². The highest BCUT2D eigenvalue weighted by molar-refractivity contribution is 7.20. The minimum absolute atomic E-state index is 0.150. The zero-order valence-corrected chi connectivity index (χ0v) is 18.9. The van der Waals surface area contributed by atoms with Crippen LogP contribution >= 0.6 is 11.3 Å². The standard InChI is InChI=1S/C26H21N5OS/c1-16-22-24(31-11-10-17-6-2-3-8-19(17)14-31)28-15-29-26(22)33-23(16)25(32)30-20-12-18-7-4-5-9-21(18)27-13-20/h2-9,12-13,15H,10-11,14H2,1H3,(H,30,32). The third-order valence-corrected chi connectivity index (χ3v) is 7.39. The predicted octanol–water partition coefficient (Wildman–Crippen LogP) is 5.36. The lowest BCUT2D eigenvalue weighted by molar-refractivity contribution is 0.103. The van der Waals surface area contributed by atoms with Crippen molar-refractivity contribution in [2.75, 3.05) is 16.8 Å². The van der Waals surface area contributed by atoms with Gasteiger partial charge in [0.2, 0.25) is 0 Å². The van der Waals surface area contributed by atoms with Crippen LogP contribution < -0.4 is 10.2 Å². The van der Waals surface area contributed by atoms with Gasteiger partial charge in [-0.15, -0.1) is 11.3 Å². The molecule has 0 atom stereocenters. The number of aromatic nitrogens is 3. The van der Waals surface area contributed by atoms with Crippen LogP contribution in [0.2, 0.25) is 0 Å². The Bertz CT molecular complexity index is 1530. The van der Waals surface area contributed by atoms with Crippen LogP contribution in [-0.2, 0) is 13.0 Å². The average Bonchev–Trinajstić information content (AvgIpc) is 3.20. The van der Waals surface area contributed by atoms with Crippen molar-refractivity contribution in [3.8, 4) is 0 Å². The molecule has 0 unspecified atom stereocenters. The molecule has 0 saturated carbocycles. The number of hydrogen-bond donors (Lipinski definition) is 1. The Morgan fingerprint density at radius 1 is 1.03 bits per heavy atom. The van der Waals surface area contributed by atoms with E-state index in [9.17, 15) is 4.79 Å².